The molecule has 0 N–H and O–H groups in total. The number of ether oxygens (including phenoxy) is 1. The van der Waals surface area contributed by atoms with Crippen molar-refractivity contribution in [3.63, 3.8) is 0 Å². The molecule has 1 aromatic rings. The molecule has 0 saturated heterocycles. The highest BCUT2D eigenvalue weighted by Crippen LogP contribution is 2.22. The molecule has 0 radical (unpaired) electrons. The van der Waals surface area contributed by atoms with Crippen LogP contribution in [0.15, 0.2) is 36.4 Å². The number of unbranched alkanes of at least 4 members (excludes halogenated alkanes) is 11. The number of carbonyl (C=O) groups is 2. The monoisotopic (exact) mass is 493 g/mol. The number of rotatable bonds is 17. The molecule has 192 valence electrons. The van der Waals surface area contributed by atoms with Crippen molar-refractivity contribution in [1.82, 2.24) is 0 Å². The highest BCUT2D eigenvalue weighted by atomic mass is 35.5. The number of carbonyl (C=O) groups excluding carboxylic acids is 2. The number of benzene rings is 1. The first-order valence-electron chi connectivity index (χ1n) is 13.1. The fourth-order valence-corrected chi connectivity index (χ4v) is 3.72. The van der Waals surface area contributed by atoms with Crippen molar-refractivity contribution < 1.29 is 19.2 Å². The summed E-state index contributed by atoms with van der Waals surface area (Å²) in [6, 6.07) is 6.57. The van der Waals surface area contributed by atoms with Gasteiger partial charge >= 0.3 is 12.1 Å². The number of hydrogen-bond donors (Lipinski definition) is 0. The van der Waals surface area contributed by atoms with Crippen LogP contribution in [-0.2, 0) is 14.4 Å². The fraction of sp³-hybridized carbons (Fsp3) is 0.643. The van der Waals surface area contributed by atoms with E-state index in [9.17, 15) is 9.59 Å². The number of halogens is 1. The summed E-state index contributed by atoms with van der Waals surface area (Å²) in [5.41, 5.74) is 0.357. The lowest BCUT2D eigenvalue weighted by Crippen LogP contribution is -2.35. The van der Waals surface area contributed by atoms with E-state index in [-0.39, 0.29) is 12.5 Å². The van der Waals surface area contributed by atoms with Gasteiger partial charge in [-0.15, -0.1) is 5.06 Å². The highest BCUT2D eigenvalue weighted by molar-refractivity contribution is 6.30. The maximum absolute atomic E-state index is 12.4. The van der Waals surface area contributed by atoms with E-state index < -0.39 is 12.1 Å². The molecule has 0 aromatic heterocycles. The number of hydrogen-bond acceptors (Lipinski definition) is 4. The molecule has 5 nitrogen and oxygen atoms in total. The van der Waals surface area contributed by atoms with Gasteiger partial charge < -0.3 is 9.57 Å². The summed E-state index contributed by atoms with van der Waals surface area (Å²) in [4.78, 5) is 30.0. The second-order valence-corrected chi connectivity index (χ2v) is 9.44. The van der Waals surface area contributed by atoms with Gasteiger partial charge in [0.2, 0.25) is 0 Å². The van der Waals surface area contributed by atoms with Gasteiger partial charge in [0.25, 0.3) is 0 Å². The van der Waals surface area contributed by atoms with Crippen molar-refractivity contribution in [3.05, 3.63) is 41.4 Å². The van der Waals surface area contributed by atoms with E-state index in [0.29, 0.717) is 10.7 Å². The predicted molar refractivity (Wildman–Crippen MR) is 141 cm³/mol. The van der Waals surface area contributed by atoms with Crippen LogP contribution in [0.25, 0.3) is 0 Å². The summed E-state index contributed by atoms with van der Waals surface area (Å²) in [6.45, 7) is 5.73. The van der Waals surface area contributed by atoms with Crippen LogP contribution in [0.3, 0.4) is 0 Å². The molecular formula is C28H44ClNO4. The second kappa shape index (κ2) is 19.3. The Morgan fingerprint density at radius 2 is 1.50 bits per heavy atom. The van der Waals surface area contributed by atoms with Crippen LogP contribution < -0.4 is 5.06 Å². The Hall–Kier alpha value is -2.01. The minimum Gasteiger partial charge on any atom is -0.444 e. The third-order valence-corrected chi connectivity index (χ3v) is 5.62. The Bertz CT molecular complexity index is 720. The van der Waals surface area contributed by atoms with Crippen LogP contribution >= 0.6 is 11.6 Å². The Labute approximate surface area is 211 Å². The topological polar surface area (TPSA) is 55.8 Å². The van der Waals surface area contributed by atoms with Gasteiger partial charge in [0.05, 0.1) is 11.8 Å². The molecule has 0 aliphatic carbocycles. The first-order chi connectivity index (χ1) is 16.4. The molecule has 0 bridgehead atoms. The molecule has 0 spiro atoms. The van der Waals surface area contributed by atoms with Crippen molar-refractivity contribution in [2.24, 2.45) is 0 Å². The van der Waals surface area contributed by atoms with Gasteiger partial charge in [0.1, 0.15) is 0 Å². The molecule has 0 fully saturated rings. The van der Waals surface area contributed by atoms with Crippen molar-refractivity contribution >= 4 is 29.4 Å². The number of allylic oxidation sites excluding steroid dienone is 2. The average molecular weight is 494 g/mol. The molecule has 34 heavy (non-hydrogen) atoms. The summed E-state index contributed by atoms with van der Waals surface area (Å²) in [5, 5.41) is 1.32. The van der Waals surface area contributed by atoms with Crippen molar-refractivity contribution in [3.8, 4) is 0 Å². The lowest BCUT2D eigenvalue weighted by atomic mass is 10.1. The molecule has 0 aliphatic heterocycles. The van der Waals surface area contributed by atoms with Crippen LogP contribution in [0.1, 0.15) is 111 Å². The van der Waals surface area contributed by atoms with Crippen LogP contribution in [0.2, 0.25) is 5.02 Å². The lowest BCUT2D eigenvalue weighted by Gasteiger charge is -2.22. The average Bonchev–Trinajstić information content (AvgIpc) is 2.79. The number of anilines is 1. The van der Waals surface area contributed by atoms with Crippen molar-refractivity contribution in [1.29, 1.82) is 0 Å². The Morgan fingerprint density at radius 1 is 0.912 bits per heavy atom. The Kier molecular flexibility index (Phi) is 17.1. The minimum atomic E-state index is -0.741. The molecule has 0 heterocycles. The van der Waals surface area contributed by atoms with E-state index in [1.54, 1.807) is 38.1 Å². The normalized spacial score (nSPS) is 11.2. The first-order valence-corrected chi connectivity index (χ1v) is 13.4. The first kappa shape index (κ1) is 30.0. The van der Waals surface area contributed by atoms with E-state index in [2.05, 4.69) is 19.1 Å². The van der Waals surface area contributed by atoms with E-state index in [1.165, 1.54) is 51.4 Å². The molecular weight excluding hydrogens is 450 g/mol. The second-order valence-electron chi connectivity index (χ2n) is 9.00. The van der Waals surface area contributed by atoms with Crippen LogP contribution in [0.4, 0.5) is 10.5 Å². The Morgan fingerprint density at radius 3 is 2.09 bits per heavy atom. The van der Waals surface area contributed by atoms with Gasteiger partial charge in [-0.1, -0.05) is 88.1 Å². The maximum atomic E-state index is 12.4. The quantitative estimate of drug-likeness (QED) is 0.123. The van der Waals surface area contributed by atoms with Crippen molar-refractivity contribution in [2.75, 3.05) is 5.06 Å². The lowest BCUT2D eigenvalue weighted by molar-refractivity contribution is -0.144. The third-order valence-electron chi connectivity index (χ3n) is 5.38. The van der Waals surface area contributed by atoms with Crippen LogP contribution in [0, 0.1) is 0 Å². The molecule has 0 atom stereocenters. The van der Waals surface area contributed by atoms with Gasteiger partial charge in [0.15, 0.2) is 0 Å². The molecule has 1 rings (SSSR count). The zero-order chi connectivity index (χ0) is 25.0. The molecule has 0 saturated carbocycles. The van der Waals surface area contributed by atoms with Gasteiger partial charge in [-0.2, -0.15) is 0 Å². The van der Waals surface area contributed by atoms with E-state index in [1.807, 2.05) is 0 Å². The van der Waals surface area contributed by atoms with Crippen LogP contribution in [-0.4, -0.2) is 18.2 Å². The number of hydroxylamine groups is 1. The predicted octanol–water partition coefficient (Wildman–Crippen LogP) is 9.19. The van der Waals surface area contributed by atoms with Gasteiger partial charge in [-0.3, -0.25) is 0 Å². The summed E-state index contributed by atoms with van der Waals surface area (Å²) in [5.74, 6) is -0.460. The summed E-state index contributed by atoms with van der Waals surface area (Å²) >= 11 is 6.02. The number of amides is 1. The van der Waals surface area contributed by atoms with Gasteiger partial charge in [0, 0.05) is 11.4 Å². The number of nitrogens with zero attached hydrogens (tertiary/aromatic N) is 1. The van der Waals surface area contributed by atoms with E-state index >= 15 is 0 Å². The van der Waals surface area contributed by atoms with Gasteiger partial charge in [-0.25, -0.2) is 9.59 Å². The van der Waals surface area contributed by atoms with Crippen LogP contribution in [0.5, 0.6) is 0 Å². The maximum Gasteiger partial charge on any atom is 0.448 e. The zero-order valence-electron chi connectivity index (χ0n) is 21.4. The summed E-state index contributed by atoms with van der Waals surface area (Å²) < 4.78 is 5.20. The molecule has 1 amide bonds. The van der Waals surface area contributed by atoms with E-state index in [0.717, 1.165) is 37.2 Å². The molecule has 0 aliphatic rings. The standard InChI is InChI=1S/C28H44ClNO4/c1-4-5-6-7-8-9-10-11-12-13-14-15-16-17-18-22-27(31)34-30(28(32)33-24(2)3)26-21-19-20-25(29)23-26/h11-12,19-21,23-24H,4-10,13-18,22H2,1-3H3/b12-11-. The fourth-order valence-electron chi connectivity index (χ4n) is 3.53. The summed E-state index contributed by atoms with van der Waals surface area (Å²) in [7, 11) is 0. The smallest absolute Gasteiger partial charge is 0.444 e. The highest BCUT2D eigenvalue weighted by Gasteiger charge is 2.23. The third kappa shape index (κ3) is 15.0. The van der Waals surface area contributed by atoms with Crippen molar-refractivity contribution in [2.45, 2.75) is 117 Å². The summed E-state index contributed by atoms with van der Waals surface area (Å²) in [6.07, 6.45) is 19.3. The molecule has 0 unspecified atom stereocenters. The zero-order valence-corrected chi connectivity index (χ0v) is 22.2. The SMILES string of the molecule is CCCCCCCC/C=C\CCCCCCCC(=O)ON(C(=O)OC(C)C)c1cccc(Cl)c1. The van der Waals surface area contributed by atoms with Gasteiger partial charge in [-0.05, 0) is 64.2 Å². The minimum absolute atomic E-state index is 0.254. The molecule has 6 heteroatoms. The largest absolute Gasteiger partial charge is 0.448 e. The Balaban J connectivity index is 2.19. The molecule has 1 aromatic carbocycles. The van der Waals surface area contributed by atoms with E-state index in [4.69, 9.17) is 21.2 Å².